The number of hydrogen-bond acceptors (Lipinski definition) is 5. The molecule has 3 heterocycles. The van der Waals surface area contributed by atoms with Gasteiger partial charge in [-0.3, -0.25) is 4.90 Å². The first kappa shape index (κ1) is 13.2. The van der Waals surface area contributed by atoms with E-state index in [4.69, 9.17) is 0 Å². The monoisotopic (exact) mass is 338 g/mol. The van der Waals surface area contributed by atoms with Gasteiger partial charge in [0.25, 0.3) is 0 Å². The fourth-order valence-corrected chi connectivity index (χ4v) is 3.49. The third kappa shape index (κ3) is 3.39. The third-order valence-corrected chi connectivity index (χ3v) is 4.75. The van der Waals surface area contributed by atoms with Crippen molar-refractivity contribution in [3.05, 3.63) is 34.0 Å². The van der Waals surface area contributed by atoms with E-state index >= 15 is 0 Å². The minimum absolute atomic E-state index is 0.835. The Hall–Kier alpha value is -0.820. The minimum Gasteiger partial charge on any atom is -0.314 e. The zero-order valence-corrected chi connectivity index (χ0v) is 12.9. The first-order chi connectivity index (χ1) is 9.31. The van der Waals surface area contributed by atoms with Gasteiger partial charge >= 0.3 is 0 Å². The van der Waals surface area contributed by atoms with E-state index in [1.807, 2.05) is 12.3 Å². The summed E-state index contributed by atoms with van der Waals surface area (Å²) in [6.07, 6.45) is 1.85. The Morgan fingerprint density at radius 2 is 2.11 bits per heavy atom. The van der Waals surface area contributed by atoms with Crippen molar-refractivity contribution >= 4 is 27.3 Å². The fraction of sp³-hybridized carbons (Fsp3) is 0.385. The van der Waals surface area contributed by atoms with Crippen molar-refractivity contribution in [3.63, 3.8) is 0 Å². The zero-order chi connectivity index (χ0) is 13.1. The van der Waals surface area contributed by atoms with Gasteiger partial charge in [0.05, 0.1) is 20.9 Å². The van der Waals surface area contributed by atoms with E-state index in [1.54, 1.807) is 11.3 Å². The van der Waals surface area contributed by atoms with Crippen LogP contribution in [0.1, 0.15) is 5.82 Å². The molecule has 6 heteroatoms. The van der Waals surface area contributed by atoms with E-state index in [0.29, 0.717) is 0 Å². The van der Waals surface area contributed by atoms with E-state index < -0.39 is 0 Å². The zero-order valence-electron chi connectivity index (χ0n) is 10.5. The second kappa shape index (κ2) is 6.09. The molecule has 0 aromatic carbocycles. The maximum absolute atomic E-state index is 4.67. The molecule has 1 aliphatic rings. The number of nitrogens with one attached hydrogen (secondary N) is 1. The van der Waals surface area contributed by atoms with Crippen molar-refractivity contribution in [2.45, 2.75) is 6.54 Å². The molecule has 1 saturated heterocycles. The number of aromatic nitrogens is 2. The molecule has 0 spiro atoms. The Labute approximate surface area is 125 Å². The van der Waals surface area contributed by atoms with Crippen LogP contribution >= 0.6 is 27.3 Å². The van der Waals surface area contributed by atoms with Gasteiger partial charge in [0.2, 0.25) is 0 Å². The number of rotatable bonds is 3. The second-order valence-electron chi connectivity index (χ2n) is 4.49. The number of piperazine rings is 1. The van der Waals surface area contributed by atoms with Crippen LogP contribution in [0.3, 0.4) is 0 Å². The van der Waals surface area contributed by atoms with Crippen molar-refractivity contribution in [1.82, 2.24) is 20.2 Å². The Bertz CT molecular complexity index is 551. The highest BCUT2D eigenvalue weighted by Gasteiger charge is 2.12. The van der Waals surface area contributed by atoms with Crippen molar-refractivity contribution in [1.29, 1.82) is 0 Å². The lowest BCUT2D eigenvalue weighted by Crippen LogP contribution is -2.43. The van der Waals surface area contributed by atoms with E-state index in [9.17, 15) is 0 Å². The highest BCUT2D eigenvalue weighted by Crippen LogP contribution is 2.29. The summed E-state index contributed by atoms with van der Waals surface area (Å²) < 4.78 is 1.13. The van der Waals surface area contributed by atoms with Crippen LogP contribution in [-0.2, 0) is 6.54 Å². The summed E-state index contributed by atoms with van der Waals surface area (Å²) in [5.41, 5.74) is 1.01. The highest BCUT2D eigenvalue weighted by atomic mass is 79.9. The molecule has 2 aromatic heterocycles. The van der Waals surface area contributed by atoms with Gasteiger partial charge < -0.3 is 5.32 Å². The first-order valence-electron chi connectivity index (χ1n) is 6.32. The van der Waals surface area contributed by atoms with Gasteiger partial charge in [0.15, 0.2) is 0 Å². The van der Waals surface area contributed by atoms with Gasteiger partial charge in [-0.05, 0) is 34.1 Å². The molecular formula is C13H15BrN4S. The summed E-state index contributed by atoms with van der Waals surface area (Å²) in [6, 6.07) is 6.11. The normalized spacial score (nSPS) is 16.7. The maximum Gasteiger partial charge on any atom is 0.142 e. The molecule has 1 N–H and O–H groups in total. The summed E-state index contributed by atoms with van der Waals surface area (Å²) in [5, 5.41) is 3.35. The molecule has 4 nitrogen and oxygen atoms in total. The van der Waals surface area contributed by atoms with Crippen LogP contribution in [0.25, 0.3) is 10.6 Å². The predicted octanol–water partition coefficient (Wildman–Crippen LogP) is 2.37. The molecule has 0 radical (unpaired) electrons. The average molecular weight is 339 g/mol. The van der Waals surface area contributed by atoms with Crippen LogP contribution in [0.4, 0.5) is 0 Å². The summed E-state index contributed by atoms with van der Waals surface area (Å²) >= 11 is 5.19. The topological polar surface area (TPSA) is 41.1 Å². The molecule has 0 aliphatic carbocycles. The predicted molar refractivity (Wildman–Crippen MR) is 81.2 cm³/mol. The largest absolute Gasteiger partial charge is 0.314 e. The number of thiophene rings is 1. The Morgan fingerprint density at radius 1 is 1.26 bits per heavy atom. The minimum atomic E-state index is 0.835. The lowest BCUT2D eigenvalue weighted by molar-refractivity contribution is 0.228. The first-order valence-corrected chi connectivity index (χ1v) is 7.93. The van der Waals surface area contributed by atoms with Gasteiger partial charge in [0.1, 0.15) is 5.82 Å². The fourth-order valence-electron chi connectivity index (χ4n) is 2.13. The third-order valence-electron chi connectivity index (χ3n) is 3.11. The van der Waals surface area contributed by atoms with Gasteiger partial charge in [-0.1, -0.05) is 0 Å². The molecule has 19 heavy (non-hydrogen) atoms. The van der Waals surface area contributed by atoms with E-state index in [0.717, 1.165) is 48.0 Å². The highest BCUT2D eigenvalue weighted by molar-refractivity contribution is 9.11. The SMILES string of the molecule is Brc1ccc(-c2ccnc(CN3CCNCC3)n2)s1. The molecule has 0 atom stereocenters. The summed E-state index contributed by atoms with van der Waals surface area (Å²) in [4.78, 5) is 12.6. The maximum atomic E-state index is 4.67. The molecule has 1 fully saturated rings. The molecule has 100 valence electrons. The standard InChI is InChI=1S/C13H15BrN4S/c14-12-2-1-11(19-12)10-3-4-16-13(17-10)9-18-7-5-15-6-8-18/h1-4,15H,5-9H2. The summed E-state index contributed by atoms with van der Waals surface area (Å²) in [6.45, 7) is 5.08. The van der Waals surface area contributed by atoms with E-state index in [-0.39, 0.29) is 0 Å². The number of halogens is 1. The molecule has 3 rings (SSSR count). The van der Waals surface area contributed by atoms with Crippen molar-refractivity contribution in [2.75, 3.05) is 26.2 Å². The summed E-state index contributed by atoms with van der Waals surface area (Å²) in [5.74, 6) is 0.906. The smallest absolute Gasteiger partial charge is 0.142 e. The van der Waals surface area contributed by atoms with Crippen LogP contribution < -0.4 is 5.32 Å². The van der Waals surface area contributed by atoms with Gasteiger partial charge in [-0.2, -0.15) is 0 Å². The van der Waals surface area contributed by atoms with E-state index in [1.165, 1.54) is 4.88 Å². The van der Waals surface area contributed by atoms with Crippen molar-refractivity contribution < 1.29 is 0 Å². The second-order valence-corrected chi connectivity index (χ2v) is 6.95. The Kier molecular flexibility index (Phi) is 4.22. The molecule has 2 aromatic rings. The van der Waals surface area contributed by atoms with Crippen LogP contribution in [0, 0.1) is 0 Å². The van der Waals surface area contributed by atoms with E-state index in [2.05, 4.69) is 48.2 Å². The van der Waals surface area contributed by atoms with Crippen molar-refractivity contribution in [3.8, 4) is 10.6 Å². The lowest BCUT2D eigenvalue weighted by Gasteiger charge is -2.26. The number of hydrogen-bond donors (Lipinski definition) is 1. The molecule has 0 amide bonds. The van der Waals surface area contributed by atoms with Crippen LogP contribution in [-0.4, -0.2) is 41.0 Å². The van der Waals surface area contributed by atoms with Crippen LogP contribution in [0.2, 0.25) is 0 Å². The van der Waals surface area contributed by atoms with Gasteiger partial charge in [-0.15, -0.1) is 11.3 Å². The van der Waals surface area contributed by atoms with Gasteiger partial charge in [0, 0.05) is 32.4 Å². The van der Waals surface area contributed by atoms with Gasteiger partial charge in [-0.25, -0.2) is 9.97 Å². The Morgan fingerprint density at radius 3 is 2.84 bits per heavy atom. The van der Waals surface area contributed by atoms with Crippen LogP contribution in [0.15, 0.2) is 28.2 Å². The van der Waals surface area contributed by atoms with Crippen LogP contribution in [0.5, 0.6) is 0 Å². The average Bonchev–Trinajstić information content (AvgIpc) is 2.87. The quantitative estimate of drug-likeness (QED) is 0.932. The lowest BCUT2D eigenvalue weighted by atomic mass is 10.3. The molecule has 1 aliphatic heterocycles. The number of nitrogens with zero attached hydrogens (tertiary/aromatic N) is 3. The molecule has 0 bridgehead atoms. The van der Waals surface area contributed by atoms with Crippen molar-refractivity contribution in [2.24, 2.45) is 0 Å². The summed E-state index contributed by atoms with van der Waals surface area (Å²) in [7, 11) is 0. The molecule has 0 unspecified atom stereocenters. The molecular weight excluding hydrogens is 324 g/mol. The molecule has 0 saturated carbocycles. The Balaban J connectivity index is 1.75.